The van der Waals surface area contributed by atoms with Gasteiger partial charge in [-0.3, -0.25) is 0 Å². The Bertz CT molecular complexity index is 1200. The van der Waals surface area contributed by atoms with Crippen molar-refractivity contribution in [2.75, 3.05) is 0 Å². The van der Waals surface area contributed by atoms with Crippen molar-refractivity contribution >= 4 is 10.8 Å². The molecule has 0 aromatic heterocycles. The molecule has 0 unspecified atom stereocenters. The van der Waals surface area contributed by atoms with Crippen LogP contribution in [-0.4, -0.2) is 6.61 Å². The van der Waals surface area contributed by atoms with Crippen LogP contribution in [0.15, 0.2) is 78.9 Å². The molecule has 170 valence electrons. The van der Waals surface area contributed by atoms with E-state index in [9.17, 15) is 8.78 Å². The second-order valence-corrected chi connectivity index (χ2v) is 8.27. The minimum atomic E-state index is -2.84. The van der Waals surface area contributed by atoms with Crippen molar-refractivity contribution in [2.45, 2.75) is 45.6 Å². The topological polar surface area (TPSA) is 9.23 Å². The summed E-state index contributed by atoms with van der Waals surface area (Å²) in [5, 5.41) is 1.55. The molecule has 0 N–H and O–H groups in total. The molecule has 0 aliphatic heterocycles. The molecule has 0 amide bonds. The average molecular weight is 449 g/mol. The Morgan fingerprint density at radius 3 is 2.06 bits per heavy atom. The maximum Gasteiger partial charge on any atom is 0.387 e. The van der Waals surface area contributed by atoms with Gasteiger partial charge in [0.15, 0.2) is 0 Å². The van der Waals surface area contributed by atoms with Crippen LogP contribution in [0, 0.1) is 5.82 Å². The van der Waals surface area contributed by atoms with Crippen molar-refractivity contribution in [1.29, 1.82) is 0 Å². The quantitative estimate of drug-likeness (QED) is 0.232. The van der Waals surface area contributed by atoms with Gasteiger partial charge in [0.2, 0.25) is 0 Å². The average Bonchev–Trinajstić information content (AvgIpc) is 2.82. The van der Waals surface area contributed by atoms with Crippen LogP contribution < -0.4 is 4.74 Å². The van der Waals surface area contributed by atoms with Crippen molar-refractivity contribution in [3.05, 3.63) is 90.2 Å². The van der Waals surface area contributed by atoms with Gasteiger partial charge in [-0.15, -0.1) is 0 Å². The molecule has 0 spiro atoms. The molecular weight excluding hydrogens is 421 g/mol. The number of unbranched alkanes of at least 4 members (excludes halogenated alkanes) is 3. The van der Waals surface area contributed by atoms with E-state index in [2.05, 4.69) is 17.7 Å². The van der Waals surface area contributed by atoms with E-state index in [0.717, 1.165) is 34.9 Å². The largest absolute Gasteiger partial charge is 0.435 e. The van der Waals surface area contributed by atoms with Crippen LogP contribution >= 0.6 is 0 Å². The maximum absolute atomic E-state index is 15.3. The van der Waals surface area contributed by atoms with Gasteiger partial charge < -0.3 is 4.74 Å². The van der Waals surface area contributed by atoms with Crippen LogP contribution in [0.2, 0.25) is 0 Å². The van der Waals surface area contributed by atoms with Crippen molar-refractivity contribution in [2.24, 2.45) is 0 Å². The summed E-state index contributed by atoms with van der Waals surface area (Å²) in [6.45, 7) is -0.639. The minimum Gasteiger partial charge on any atom is -0.435 e. The first-order valence-corrected chi connectivity index (χ1v) is 11.4. The summed E-state index contributed by atoms with van der Waals surface area (Å²) >= 11 is 0. The van der Waals surface area contributed by atoms with E-state index in [1.165, 1.54) is 37.0 Å². The van der Waals surface area contributed by atoms with Gasteiger partial charge in [0.25, 0.3) is 0 Å². The molecule has 0 aliphatic rings. The lowest BCUT2D eigenvalue weighted by molar-refractivity contribution is -0.0498. The molecular formula is C29H27F3O. The van der Waals surface area contributed by atoms with Crippen LogP contribution in [-0.2, 0) is 6.42 Å². The number of aryl methyl sites for hydroxylation is 1. The summed E-state index contributed by atoms with van der Waals surface area (Å²) in [6, 6.07) is 23.9. The van der Waals surface area contributed by atoms with Crippen LogP contribution in [0.1, 0.15) is 38.2 Å². The number of hydrogen-bond donors (Lipinski definition) is 0. The summed E-state index contributed by atoms with van der Waals surface area (Å²) in [5.41, 5.74) is 4.38. The van der Waals surface area contributed by atoms with Crippen molar-refractivity contribution < 1.29 is 17.9 Å². The Balaban J connectivity index is 1.53. The van der Waals surface area contributed by atoms with E-state index >= 15 is 4.39 Å². The molecule has 0 saturated carbocycles. The third-order valence-corrected chi connectivity index (χ3v) is 5.95. The van der Waals surface area contributed by atoms with Gasteiger partial charge in [0.05, 0.1) is 0 Å². The Morgan fingerprint density at radius 2 is 1.39 bits per heavy atom. The summed E-state index contributed by atoms with van der Waals surface area (Å²) in [6.07, 6.45) is 5.88. The van der Waals surface area contributed by atoms with Crippen LogP contribution in [0.3, 0.4) is 0 Å². The van der Waals surface area contributed by atoms with Crippen LogP contribution in [0.25, 0.3) is 33.0 Å². The molecule has 4 rings (SSSR count). The lowest BCUT2D eigenvalue weighted by atomic mass is 9.96. The normalized spacial score (nSPS) is 11.3. The van der Waals surface area contributed by atoms with E-state index in [1.807, 2.05) is 48.5 Å². The van der Waals surface area contributed by atoms with E-state index in [0.29, 0.717) is 10.9 Å². The van der Waals surface area contributed by atoms with Crippen LogP contribution in [0.5, 0.6) is 5.75 Å². The molecule has 0 heterocycles. The van der Waals surface area contributed by atoms with E-state index in [-0.39, 0.29) is 11.6 Å². The Morgan fingerprint density at radius 1 is 0.727 bits per heavy atom. The summed E-state index contributed by atoms with van der Waals surface area (Å²) in [7, 11) is 0. The molecule has 0 radical (unpaired) electrons. The van der Waals surface area contributed by atoms with Crippen molar-refractivity contribution in [3.63, 3.8) is 0 Å². The highest BCUT2D eigenvalue weighted by atomic mass is 19.3. The summed E-state index contributed by atoms with van der Waals surface area (Å²) < 4.78 is 44.4. The molecule has 0 atom stereocenters. The molecule has 1 nitrogen and oxygen atoms in total. The predicted molar refractivity (Wildman–Crippen MR) is 129 cm³/mol. The van der Waals surface area contributed by atoms with Crippen molar-refractivity contribution in [3.8, 4) is 28.0 Å². The molecule has 0 fully saturated rings. The molecule has 33 heavy (non-hydrogen) atoms. The van der Waals surface area contributed by atoms with Crippen LogP contribution in [0.4, 0.5) is 13.2 Å². The van der Waals surface area contributed by atoms with E-state index < -0.39 is 6.61 Å². The van der Waals surface area contributed by atoms with E-state index in [4.69, 9.17) is 0 Å². The molecule has 0 bridgehead atoms. The first-order chi connectivity index (χ1) is 16.0. The van der Waals surface area contributed by atoms with Gasteiger partial charge in [0, 0.05) is 10.9 Å². The van der Waals surface area contributed by atoms with Gasteiger partial charge in [-0.25, -0.2) is 4.39 Å². The molecule has 0 aliphatic carbocycles. The number of halogens is 3. The summed E-state index contributed by atoms with van der Waals surface area (Å²) in [4.78, 5) is 0. The van der Waals surface area contributed by atoms with Gasteiger partial charge in [0.1, 0.15) is 11.6 Å². The molecule has 0 saturated heterocycles. The molecule has 4 aromatic carbocycles. The zero-order valence-electron chi connectivity index (χ0n) is 18.7. The highest BCUT2D eigenvalue weighted by Crippen LogP contribution is 2.32. The highest BCUT2D eigenvalue weighted by Gasteiger charge is 2.11. The van der Waals surface area contributed by atoms with Gasteiger partial charge in [-0.2, -0.15) is 8.78 Å². The Kier molecular flexibility index (Phi) is 7.33. The fraction of sp³-hybridized carbons (Fsp3) is 0.241. The third-order valence-electron chi connectivity index (χ3n) is 5.95. The number of hydrogen-bond acceptors (Lipinski definition) is 1. The minimum absolute atomic E-state index is 0.118. The number of alkyl halides is 2. The smallest absolute Gasteiger partial charge is 0.387 e. The lowest BCUT2D eigenvalue weighted by Crippen LogP contribution is -2.01. The number of fused-ring (bicyclic) bond motifs is 1. The first kappa shape index (κ1) is 22.9. The predicted octanol–water partition coefficient (Wildman–Crippen LogP) is 9.04. The first-order valence-electron chi connectivity index (χ1n) is 11.4. The zero-order chi connectivity index (χ0) is 23.2. The Labute approximate surface area is 192 Å². The molecule has 4 heteroatoms. The number of rotatable bonds is 9. The second kappa shape index (κ2) is 10.6. The maximum atomic E-state index is 15.3. The fourth-order valence-electron chi connectivity index (χ4n) is 4.15. The van der Waals surface area contributed by atoms with E-state index in [1.54, 1.807) is 12.1 Å². The second-order valence-electron chi connectivity index (χ2n) is 8.27. The van der Waals surface area contributed by atoms with Crippen molar-refractivity contribution in [1.82, 2.24) is 0 Å². The van der Waals surface area contributed by atoms with Gasteiger partial charge in [-0.1, -0.05) is 92.9 Å². The highest BCUT2D eigenvalue weighted by molar-refractivity contribution is 5.89. The lowest BCUT2D eigenvalue weighted by Gasteiger charge is -2.10. The molecule has 4 aromatic rings. The monoisotopic (exact) mass is 448 g/mol. The third kappa shape index (κ3) is 5.57. The zero-order valence-corrected chi connectivity index (χ0v) is 18.7. The fourth-order valence-corrected chi connectivity index (χ4v) is 4.15. The summed E-state index contributed by atoms with van der Waals surface area (Å²) in [5.74, 6) is -0.0981. The number of ether oxygens (including phenoxy) is 1. The van der Waals surface area contributed by atoms with Gasteiger partial charge in [-0.05, 0) is 52.6 Å². The standard InChI is InChI=1S/C29H27F3O/c1-2-3-4-5-6-20-7-17-27-24(19-20)14-18-26(28(27)30)23-10-8-21(9-11-23)22-12-15-25(16-13-22)33-29(31)32/h7-19,29H,2-6H2,1H3. The number of benzene rings is 4. The van der Waals surface area contributed by atoms with Gasteiger partial charge >= 0.3 is 6.61 Å². The SMILES string of the molecule is CCCCCCc1ccc2c(F)c(-c3ccc(-c4ccc(OC(F)F)cc4)cc3)ccc2c1. The Hall–Kier alpha value is -3.27.